The fourth-order valence-electron chi connectivity index (χ4n) is 2.30. The van der Waals surface area contributed by atoms with Crippen molar-refractivity contribution in [2.45, 2.75) is 13.8 Å². The van der Waals surface area contributed by atoms with E-state index >= 15 is 0 Å². The maximum absolute atomic E-state index is 9.53. The molecule has 0 aromatic heterocycles. The summed E-state index contributed by atoms with van der Waals surface area (Å²) in [5.74, 6) is 1.26. The van der Waals surface area contributed by atoms with E-state index in [-0.39, 0.29) is 0 Å². The molecular formula is C21H20BrNO2. The van der Waals surface area contributed by atoms with E-state index in [1.54, 1.807) is 6.08 Å². The predicted molar refractivity (Wildman–Crippen MR) is 106 cm³/mol. The van der Waals surface area contributed by atoms with Crippen LogP contribution in [0.3, 0.4) is 0 Å². The maximum atomic E-state index is 9.53. The van der Waals surface area contributed by atoms with Gasteiger partial charge < -0.3 is 9.47 Å². The highest BCUT2D eigenvalue weighted by Gasteiger charge is 2.12. The number of hydrogen-bond donors (Lipinski definition) is 0. The van der Waals surface area contributed by atoms with Gasteiger partial charge in [0.05, 0.1) is 22.7 Å². The third-order valence-electron chi connectivity index (χ3n) is 3.47. The van der Waals surface area contributed by atoms with Gasteiger partial charge in [0.2, 0.25) is 0 Å². The van der Waals surface area contributed by atoms with Gasteiger partial charge in [0, 0.05) is 0 Å². The van der Waals surface area contributed by atoms with E-state index in [9.17, 15) is 5.26 Å². The Kier molecular flexibility index (Phi) is 6.85. The van der Waals surface area contributed by atoms with Crippen LogP contribution in [0.2, 0.25) is 0 Å². The molecule has 0 aliphatic carbocycles. The Bertz CT molecular complexity index is 817. The normalized spacial score (nSPS) is 10.9. The molecule has 0 radical (unpaired) electrons. The molecule has 0 spiro atoms. The van der Waals surface area contributed by atoms with Crippen molar-refractivity contribution in [3.8, 4) is 17.6 Å². The molecule has 0 aliphatic rings. The standard InChI is InChI=1S/C21H20BrNO2/c1-4-10-25-21-19(22)12-16(13-20(21)24-5-2)11-18(14-23)17-8-6-15(3)7-9-17/h4,6-9,11-13H,1,5,10H2,2-3H3/b18-11+. The van der Waals surface area contributed by atoms with Crippen molar-refractivity contribution in [2.75, 3.05) is 13.2 Å². The number of hydrogen-bond acceptors (Lipinski definition) is 3. The zero-order chi connectivity index (χ0) is 18.2. The summed E-state index contributed by atoms with van der Waals surface area (Å²) in [7, 11) is 0. The van der Waals surface area contributed by atoms with Crippen LogP contribution >= 0.6 is 15.9 Å². The lowest BCUT2D eigenvalue weighted by Crippen LogP contribution is -2.00. The molecule has 0 unspecified atom stereocenters. The fourth-order valence-corrected chi connectivity index (χ4v) is 2.87. The number of allylic oxidation sites excluding steroid dienone is 1. The minimum atomic E-state index is 0.390. The topological polar surface area (TPSA) is 42.2 Å². The largest absolute Gasteiger partial charge is 0.490 e. The van der Waals surface area contributed by atoms with Crippen LogP contribution in [0.4, 0.5) is 0 Å². The molecule has 0 aliphatic heterocycles. The van der Waals surface area contributed by atoms with E-state index in [0.717, 1.165) is 21.2 Å². The van der Waals surface area contributed by atoms with Crippen LogP contribution < -0.4 is 9.47 Å². The summed E-state index contributed by atoms with van der Waals surface area (Å²) < 4.78 is 12.1. The van der Waals surface area contributed by atoms with Gasteiger partial charge in [0.25, 0.3) is 0 Å². The second-order valence-electron chi connectivity index (χ2n) is 5.40. The van der Waals surface area contributed by atoms with Crippen LogP contribution in [0, 0.1) is 18.3 Å². The Morgan fingerprint density at radius 3 is 2.56 bits per heavy atom. The molecule has 2 aromatic carbocycles. The number of nitriles is 1. The predicted octanol–water partition coefficient (Wildman–Crippen LogP) is 5.79. The average Bonchev–Trinajstić information content (AvgIpc) is 2.60. The van der Waals surface area contributed by atoms with Gasteiger partial charge in [-0.1, -0.05) is 42.5 Å². The van der Waals surface area contributed by atoms with Crippen molar-refractivity contribution in [1.29, 1.82) is 5.26 Å². The summed E-state index contributed by atoms with van der Waals surface area (Å²) in [5.41, 5.74) is 3.49. The molecule has 2 rings (SSSR count). The molecule has 0 saturated heterocycles. The van der Waals surface area contributed by atoms with E-state index in [1.807, 2.05) is 56.3 Å². The monoisotopic (exact) mass is 397 g/mol. The van der Waals surface area contributed by atoms with Crippen molar-refractivity contribution < 1.29 is 9.47 Å². The van der Waals surface area contributed by atoms with E-state index < -0.39 is 0 Å². The molecule has 4 heteroatoms. The van der Waals surface area contributed by atoms with Crippen LogP contribution in [0.25, 0.3) is 11.6 Å². The number of aryl methyl sites for hydroxylation is 1. The number of nitrogens with zero attached hydrogens (tertiary/aromatic N) is 1. The van der Waals surface area contributed by atoms with Gasteiger partial charge in [-0.15, -0.1) is 0 Å². The van der Waals surface area contributed by atoms with Gasteiger partial charge in [0.15, 0.2) is 11.5 Å². The quantitative estimate of drug-likeness (QED) is 0.337. The molecule has 0 atom stereocenters. The lowest BCUT2D eigenvalue weighted by molar-refractivity contribution is 0.295. The first-order valence-electron chi connectivity index (χ1n) is 7.98. The summed E-state index contributed by atoms with van der Waals surface area (Å²) in [4.78, 5) is 0. The van der Waals surface area contributed by atoms with E-state index in [0.29, 0.717) is 30.3 Å². The van der Waals surface area contributed by atoms with Crippen molar-refractivity contribution >= 4 is 27.6 Å². The fraction of sp³-hybridized carbons (Fsp3) is 0.190. The average molecular weight is 398 g/mol. The van der Waals surface area contributed by atoms with E-state index in [1.165, 1.54) is 0 Å². The Morgan fingerprint density at radius 1 is 1.24 bits per heavy atom. The first kappa shape index (κ1) is 18.8. The molecule has 0 amide bonds. The molecule has 25 heavy (non-hydrogen) atoms. The second kappa shape index (κ2) is 9.10. The smallest absolute Gasteiger partial charge is 0.175 e. The number of ether oxygens (including phenoxy) is 2. The van der Waals surface area contributed by atoms with Crippen LogP contribution in [0.5, 0.6) is 11.5 Å². The summed E-state index contributed by atoms with van der Waals surface area (Å²) in [6, 6.07) is 13.9. The van der Waals surface area contributed by atoms with Crippen LogP contribution in [0.1, 0.15) is 23.6 Å². The highest BCUT2D eigenvalue weighted by Crippen LogP contribution is 2.38. The summed E-state index contributed by atoms with van der Waals surface area (Å²) >= 11 is 3.52. The van der Waals surface area contributed by atoms with Gasteiger partial charge in [-0.2, -0.15) is 5.26 Å². The minimum Gasteiger partial charge on any atom is -0.490 e. The van der Waals surface area contributed by atoms with Crippen molar-refractivity contribution in [3.05, 3.63) is 70.2 Å². The van der Waals surface area contributed by atoms with Crippen LogP contribution in [-0.2, 0) is 0 Å². The SMILES string of the molecule is C=CCOc1c(Br)cc(/C=C(\C#N)c2ccc(C)cc2)cc1OCC. The zero-order valence-corrected chi connectivity index (χ0v) is 16.0. The van der Waals surface area contributed by atoms with Gasteiger partial charge in [0.1, 0.15) is 6.61 Å². The van der Waals surface area contributed by atoms with Gasteiger partial charge in [-0.05, 0) is 59.1 Å². The van der Waals surface area contributed by atoms with E-state index in [4.69, 9.17) is 9.47 Å². The summed E-state index contributed by atoms with van der Waals surface area (Å²) in [6.07, 6.45) is 3.52. The maximum Gasteiger partial charge on any atom is 0.175 e. The van der Waals surface area contributed by atoms with Gasteiger partial charge in [-0.25, -0.2) is 0 Å². The molecule has 3 nitrogen and oxygen atoms in total. The molecule has 0 N–H and O–H groups in total. The van der Waals surface area contributed by atoms with Crippen molar-refractivity contribution in [3.63, 3.8) is 0 Å². The second-order valence-corrected chi connectivity index (χ2v) is 6.25. The van der Waals surface area contributed by atoms with Gasteiger partial charge >= 0.3 is 0 Å². The Balaban J connectivity index is 2.45. The van der Waals surface area contributed by atoms with Crippen LogP contribution in [0.15, 0.2) is 53.5 Å². The molecule has 0 fully saturated rings. The number of halogens is 1. The molecular weight excluding hydrogens is 378 g/mol. The van der Waals surface area contributed by atoms with E-state index in [2.05, 4.69) is 28.6 Å². The molecule has 2 aromatic rings. The lowest BCUT2D eigenvalue weighted by Gasteiger charge is -2.14. The molecule has 0 heterocycles. The number of rotatable bonds is 7. The first-order chi connectivity index (χ1) is 12.1. The third-order valence-corrected chi connectivity index (χ3v) is 4.06. The summed E-state index contributed by atoms with van der Waals surface area (Å²) in [5, 5.41) is 9.53. The zero-order valence-electron chi connectivity index (χ0n) is 14.4. The summed E-state index contributed by atoms with van der Waals surface area (Å²) in [6.45, 7) is 8.51. The first-order valence-corrected chi connectivity index (χ1v) is 8.77. The lowest BCUT2D eigenvalue weighted by atomic mass is 10.0. The third kappa shape index (κ3) is 4.98. The Hall–Kier alpha value is -2.51. The minimum absolute atomic E-state index is 0.390. The molecule has 0 saturated carbocycles. The number of benzene rings is 2. The van der Waals surface area contributed by atoms with Crippen LogP contribution in [-0.4, -0.2) is 13.2 Å². The van der Waals surface area contributed by atoms with Gasteiger partial charge in [-0.3, -0.25) is 0 Å². The van der Waals surface area contributed by atoms with Crippen molar-refractivity contribution in [2.24, 2.45) is 0 Å². The molecule has 128 valence electrons. The molecule has 0 bridgehead atoms. The highest BCUT2D eigenvalue weighted by atomic mass is 79.9. The Labute approximate surface area is 157 Å². The van der Waals surface area contributed by atoms with Crippen molar-refractivity contribution in [1.82, 2.24) is 0 Å². The highest BCUT2D eigenvalue weighted by molar-refractivity contribution is 9.10. The Morgan fingerprint density at radius 2 is 1.96 bits per heavy atom.